The van der Waals surface area contributed by atoms with E-state index in [2.05, 4.69) is 11.9 Å². The van der Waals surface area contributed by atoms with Crippen molar-refractivity contribution in [2.24, 2.45) is 0 Å². The Morgan fingerprint density at radius 2 is 2.40 bits per heavy atom. The molecule has 1 aliphatic rings. The van der Waals surface area contributed by atoms with Crippen LogP contribution in [0.5, 0.6) is 0 Å². The van der Waals surface area contributed by atoms with Gasteiger partial charge in [-0.25, -0.2) is 4.98 Å². The number of rotatable bonds is 6. The molecule has 0 aromatic carbocycles. The predicted octanol–water partition coefficient (Wildman–Crippen LogP) is 2.00. The highest BCUT2D eigenvalue weighted by molar-refractivity contribution is 5.76. The fourth-order valence-corrected chi connectivity index (χ4v) is 2.60. The van der Waals surface area contributed by atoms with Crippen molar-refractivity contribution in [1.82, 2.24) is 14.5 Å². The van der Waals surface area contributed by atoms with Gasteiger partial charge in [-0.2, -0.15) is 0 Å². The summed E-state index contributed by atoms with van der Waals surface area (Å²) < 4.78 is 7.79. The molecule has 1 saturated heterocycles. The molecule has 1 amide bonds. The van der Waals surface area contributed by atoms with Crippen LogP contribution in [0.2, 0.25) is 0 Å². The van der Waals surface area contributed by atoms with E-state index in [1.165, 1.54) is 0 Å². The van der Waals surface area contributed by atoms with Crippen molar-refractivity contribution in [3.05, 3.63) is 18.2 Å². The first-order valence-electron chi connectivity index (χ1n) is 7.57. The third-order valence-corrected chi connectivity index (χ3v) is 3.78. The number of hydrogen-bond donors (Lipinski definition) is 0. The largest absolute Gasteiger partial charge is 0.376 e. The smallest absolute Gasteiger partial charge is 0.224 e. The van der Waals surface area contributed by atoms with E-state index >= 15 is 0 Å². The van der Waals surface area contributed by atoms with Gasteiger partial charge in [-0.3, -0.25) is 4.79 Å². The summed E-state index contributed by atoms with van der Waals surface area (Å²) >= 11 is 0. The molecule has 1 unspecified atom stereocenters. The average Bonchev–Trinajstić information content (AvgIpc) is 2.88. The molecule has 0 bridgehead atoms. The van der Waals surface area contributed by atoms with Crippen LogP contribution >= 0.6 is 0 Å². The van der Waals surface area contributed by atoms with Gasteiger partial charge in [0.1, 0.15) is 5.82 Å². The van der Waals surface area contributed by atoms with Crippen molar-refractivity contribution >= 4 is 5.91 Å². The summed E-state index contributed by atoms with van der Waals surface area (Å²) in [5.74, 6) is 1.18. The van der Waals surface area contributed by atoms with Crippen LogP contribution in [0.15, 0.2) is 12.4 Å². The van der Waals surface area contributed by atoms with E-state index in [0.29, 0.717) is 13.0 Å². The van der Waals surface area contributed by atoms with Gasteiger partial charge in [-0.1, -0.05) is 6.92 Å². The monoisotopic (exact) mass is 279 g/mol. The number of likely N-dealkylation sites (tertiary alicyclic amines) is 1. The van der Waals surface area contributed by atoms with E-state index in [4.69, 9.17) is 4.74 Å². The molecule has 0 aliphatic carbocycles. The molecule has 5 heteroatoms. The molecule has 112 valence electrons. The Bertz CT molecular complexity index is 431. The summed E-state index contributed by atoms with van der Waals surface area (Å²) in [7, 11) is 0. The summed E-state index contributed by atoms with van der Waals surface area (Å²) in [6.07, 6.45) is 7.61. The Balaban J connectivity index is 1.78. The third-order valence-electron chi connectivity index (χ3n) is 3.78. The molecule has 0 saturated carbocycles. The molecule has 1 fully saturated rings. The van der Waals surface area contributed by atoms with Gasteiger partial charge in [0.25, 0.3) is 0 Å². The highest BCUT2D eigenvalue weighted by Gasteiger charge is 2.23. The van der Waals surface area contributed by atoms with Crippen molar-refractivity contribution in [3.8, 4) is 0 Å². The first-order valence-corrected chi connectivity index (χ1v) is 7.57. The van der Waals surface area contributed by atoms with Gasteiger partial charge in [-0.05, 0) is 26.2 Å². The van der Waals surface area contributed by atoms with Crippen molar-refractivity contribution in [2.45, 2.75) is 52.2 Å². The maximum absolute atomic E-state index is 12.3. The first-order chi connectivity index (χ1) is 9.70. The molecule has 0 radical (unpaired) electrons. The Morgan fingerprint density at radius 1 is 1.55 bits per heavy atom. The number of piperidine rings is 1. The molecule has 1 aromatic rings. The molecule has 1 atom stereocenters. The SMILES string of the molecule is CCCOC1CCCN(C(=O)CCn2ccnc2C)C1. The van der Waals surface area contributed by atoms with Crippen LogP contribution in [-0.2, 0) is 16.1 Å². The minimum Gasteiger partial charge on any atom is -0.376 e. The van der Waals surface area contributed by atoms with Crippen LogP contribution in [0.3, 0.4) is 0 Å². The Morgan fingerprint density at radius 3 is 3.10 bits per heavy atom. The fraction of sp³-hybridized carbons (Fsp3) is 0.733. The highest BCUT2D eigenvalue weighted by Crippen LogP contribution is 2.15. The highest BCUT2D eigenvalue weighted by atomic mass is 16.5. The second-order valence-corrected chi connectivity index (χ2v) is 5.39. The van der Waals surface area contributed by atoms with Crippen molar-refractivity contribution in [2.75, 3.05) is 19.7 Å². The third kappa shape index (κ3) is 4.07. The minimum absolute atomic E-state index is 0.225. The Kier molecular flexibility index (Phi) is 5.59. The number of hydrogen-bond acceptors (Lipinski definition) is 3. The molecule has 0 N–H and O–H groups in total. The standard InChI is InChI=1S/C15H25N3O2/c1-3-11-20-14-5-4-8-18(12-14)15(19)6-9-17-10-7-16-13(17)2/h7,10,14H,3-6,8-9,11-12H2,1-2H3. The van der Waals surface area contributed by atoms with E-state index in [-0.39, 0.29) is 12.0 Å². The second-order valence-electron chi connectivity index (χ2n) is 5.39. The average molecular weight is 279 g/mol. The van der Waals surface area contributed by atoms with E-state index in [9.17, 15) is 4.79 Å². The lowest BCUT2D eigenvalue weighted by atomic mass is 10.1. The van der Waals surface area contributed by atoms with Crippen LogP contribution in [0, 0.1) is 6.92 Å². The summed E-state index contributed by atoms with van der Waals surface area (Å²) in [5.41, 5.74) is 0. The molecular formula is C15H25N3O2. The topological polar surface area (TPSA) is 47.4 Å². The summed E-state index contributed by atoms with van der Waals surface area (Å²) in [6, 6.07) is 0. The second kappa shape index (κ2) is 7.43. The van der Waals surface area contributed by atoms with Crippen molar-refractivity contribution in [3.63, 3.8) is 0 Å². The fourth-order valence-electron chi connectivity index (χ4n) is 2.60. The normalized spacial score (nSPS) is 19.3. The summed E-state index contributed by atoms with van der Waals surface area (Å²) in [4.78, 5) is 18.4. The zero-order chi connectivity index (χ0) is 14.4. The predicted molar refractivity (Wildman–Crippen MR) is 77.4 cm³/mol. The molecule has 2 rings (SSSR count). The number of amides is 1. The zero-order valence-corrected chi connectivity index (χ0v) is 12.5. The lowest BCUT2D eigenvalue weighted by Gasteiger charge is -2.32. The lowest BCUT2D eigenvalue weighted by Crippen LogP contribution is -2.43. The number of carbonyl (C=O) groups excluding carboxylic acids is 1. The van der Waals surface area contributed by atoms with Crippen LogP contribution in [0.1, 0.15) is 38.4 Å². The van der Waals surface area contributed by atoms with Crippen LogP contribution in [0.4, 0.5) is 0 Å². The van der Waals surface area contributed by atoms with Crippen molar-refractivity contribution < 1.29 is 9.53 Å². The Hall–Kier alpha value is -1.36. The van der Waals surface area contributed by atoms with E-state index < -0.39 is 0 Å². The van der Waals surface area contributed by atoms with E-state index in [1.807, 2.05) is 22.6 Å². The van der Waals surface area contributed by atoms with Gasteiger partial charge in [0.05, 0.1) is 6.10 Å². The number of aromatic nitrogens is 2. The zero-order valence-electron chi connectivity index (χ0n) is 12.5. The number of carbonyl (C=O) groups is 1. The van der Waals surface area contributed by atoms with Crippen molar-refractivity contribution in [1.29, 1.82) is 0 Å². The maximum atomic E-state index is 12.3. The number of ether oxygens (including phenoxy) is 1. The number of nitrogens with zero attached hydrogens (tertiary/aromatic N) is 3. The van der Waals surface area contributed by atoms with Crippen LogP contribution in [-0.4, -0.2) is 46.2 Å². The van der Waals surface area contributed by atoms with E-state index in [0.717, 1.165) is 44.8 Å². The van der Waals surface area contributed by atoms with Gasteiger partial charge in [0.2, 0.25) is 5.91 Å². The van der Waals surface area contributed by atoms with E-state index in [1.54, 1.807) is 6.20 Å². The summed E-state index contributed by atoms with van der Waals surface area (Å²) in [6.45, 7) is 7.19. The molecular weight excluding hydrogens is 254 g/mol. The van der Waals surface area contributed by atoms with Crippen LogP contribution in [0.25, 0.3) is 0 Å². The molecule has 0 spiro atoms. The van der Waals surface area contributed by atoms with Gasteiger partial charge in [-0.15, -0.1) is 0 Å². The molecule has 20 heavy (non-hydrogen) atoms. The quantitative estimate of drug-likeness (QED) is 0.800. The van der Waals surface area contributed by atoms with Gasteiger partial charge in [0.15, 0.2) is 0 Å². The number of imidazole rings is 1. The minimum atomic E-state index is 0.225. The molecule has 2 heterocycles. The van der Waals surface area contributed by atoms with Gasteiger partial charge in [0, 0.05) is 45.1 Å². The molecule has 1 aliphatic heterocycles. The molecule has 5 nitrogen and oxygen atoms in total. The van der Waals surface area contributed by atoms with Gasteiger partial charge < -0.3 is 14.2 Å². The number of aryl methyl sites for hydroxylation is 2. The Labute approximate surface area is 120 Å². The maximum Gasteiger partial charge on any atom is 0.224 e. The molecule has 1 aromatic heterocycles. The van der Waals surface area contributed by atoms with Gasteiger partial charge >= 0.3 is 0 Å². The first kappa shape index (κ1) is 15.0. The summed E-state index contributed by atoms with van der Waals surface area (Å²) in [5, 5.41) is 0. The van der Waals surface area contributed by atoms with Crippen LogP contribution < -0.4 is 0 Å². The lowest BCUT2D eigenvalue weighted by molar-refractivity contribution is -0.135.